The Morgan fingerprint density at radius 2 is 1.67 bits per heavy atom. The highest BCUT2D eigenvalue weighted by atomic mass is 19.4. The Morgan fingerprint density at radius 1 is 1.08 bits per heavy atom. The van der Waals surface area contributed by atoms with Crippen LogP contribution in [0.2, 0.25) is 0 Å². The van der Waals surface area contributed by atoms with Gasteiger partial charge in [0.05, 0.1) is 5.92 Å². The Kier molecular flexibility index (Phi) is 4.47. The average molecular weight is 364 g/mol. The van der Waals surface area contributed by atoms with E-state index in [-0.39, 0.29) is 18.3 Å². The number of alkyl halides is 8. The third-order valence-electron chi connectivity index (χ3n) is 4.24. The van der Waals surface area contributed by atoms with Gasteiger partial charge in [-0.1, -0.05) is 18.7 Å². The molecule has 1 fully saturated rings. The van der Waals surface area contributed by atoms with E-state index in [2.05, 4.69) is 11.3 Å². The van der Waals surface area contributed by atoms with Crippen LogP contribution in [0, 0.1) is 17.8 Å². The molecule has 2 rings (SSSR count). The monoisotopic (exact) mass is 364 g/mol. The number of allylic oxidation sites excluding steroid dienone is 3. The van der Waals surface area contributed by atoms with E-state index in [1.807, 2.05) is 0 Å². The van der Waals surface area contributed by atoms with Crippen LogP contribution < -0.4 is 0 Å². The molecule has 2 aliphatic rings. The van der Waals surface area contributed by atoms with Gasteiger partial charge in [0.1, 0.15) is 0 Å². The molecule has 0 aromatic heterocycles. The Labute approximate surface area is 131 Å². The fourth-order valence-electron chi connectivity index (χ4n) is 2.83. The van der Waals surface area contributed by atoms with E-state index in [1.54, 1.807) is 12.2 Å². The maximum atomic E-state index is 13.5. The van der Waals surface area contributed by atoms with E-state index >= 15 is 0 Å². The van der Waals surface area contributed by atoms with E-state index in [1.165, 1.54) is 0 Å². The zero-order chi connectivity index (χ0) is 18.5. The van der Waals surface area contributed by atoms with E-state index in [9.17, 15) is 39.9 Å². The molecular weight excluding hydrogens is 352 g/mol. The second-order valence-corrected chi connectivity index (χ2v) is 5.80. The molecule has 2 aliphatic carbocycles. The fraction of sp³-hybridized carbons (Fsp3) is 0.643. The van der Waals surface area contributed by atoms with Crippen LogP contribution in [0.25, 0.3) is 0 Å². The minimum absolute atomic E-state index is 0.0194. The van der Waals surface area contributed by atoms with E-state index in [0.29, 0.717) is 6.42 Å². The van der Waals surface area contributed by atoms with Crippen molar-refractivity contribution in [2.45, 2.75) is 37.0 Å². The van der Waals surface area contributed by atoms with Crippen LogP contribution in [0.5, 0.6) is 0 Å². The van der Waals surface area contributed by atoms with Crippen molar-refractivity contribution in [1.82, 2.24) is 0 Å². The third-order valence-corrected chi connectivity index (χ3v) is 4.24. The second-order valence-electron chi connectivity index (χ2n) is 5.80. The van der Waals surface area contributed by atoms with Gasteiger partial charge in [-0.25, -0.2) is 8.78 Å². The van der Waals surface area contributed by atoms with Crippen molar-refractivity contribution in [3.05, 3.63) is 24.5 Å². The van der Waals surface area contributed by atoms with Crippen molar-refractivity contribution in [2.24, 2.45) is 17.8 Å². The predicted octanol–water partition coefficient (Wildman–Crippen LogP) is 4.43. The molecule has 2 nitrogen and oxygen atoms in total. The molecule has 2 bridgehead atoms. The topological polar surface area (TPSA) is 26.3 Å². The number of hydrogen-bond acceptors (Lipinski definition) is 2. The van der Waals surface area contributed by atoms with Crippen LogP contribution >= 0.6 is 0 Å². The summed E-state index contributed by atoms with van der Waals surface area (Å²) in [5.74, 6) is -23.5. The molecule has 0 spiro atoms. The standard InChI is InChI=1S/C14H12F8O2/c1-6(12(17,18)14(21,22)13(19,20)11(15)16)24-10(23)9-5-7-2-3-8(9)4-7/h2-3,7-9,11H,1,4-5H2. The number of fused-ring (bicyclic) bond motifs is 2. The zero-order valence-electron chi connectivity index (χ0n) is 11.9. The van der Waals surface area contributed by atoms with Gasteiger partial charge in [-0.3, -0.25) is 4.79 Å². The fourth-order valence-corrected chi connectivity index (χ4v) is 2.83. The molecule has 1 saturated carbocycles. The van der Waals surface area contributed by atoms with Crippen molar-refractivity contribution >= 4 is 5.97 Å². The number of halogens is 8. The summed E-state index contributed by atoms with van der Waals surface area (Å²) >= 11 is 0. The number of hydrogen-bond donors (Lipinski definition) is 0. The van der Waals surface area contributed by atoms with Gasteiger partial charge in [-0.15, -0.1) is 0 Å². The van der Waals surface area contributed by atoms with Gasteiger partial charge in [-0.2, -0.15) is 26.3 Å². The largest absolute Gasteiger partial charge is 0.425 e. The smallest absolute Gasteiger partial charge is 0.385 e. The zero-order valence-corrected chi connectivity index (χ0v) is 11.9. The van der Waals surface area contributed by atoms with Crippen molar-refractivity contribution < 1.29 is 44.7 Å². The van der Waals surface area contributed by atoms with Crippen LogP contribution in [-0.2, 0) is 9.53 Å². The summed E-state index contributed by atoms with van der Waals surface area (Å²) in [6.45, 7) is 2.37. The summed E-state index contributed by atoms with van der Waals surface area (Å²) in [6, 6.07) is 0. The molecule has 10 heteroatoms. The highest BCUT2D eigenvalue weighted by Crippen LogP contribution is 2.52. The summed E-state index contributed by atoms with van der Waals surface area (Å²) in [7, 11) is 0. The van der Waals surface area contributed by atoms with Crippen LogP contribution in [0.4, 0.5) is 35.1 Å². The Balaban J connectivity index is 2.12. The van der Waals surface area contributed by atoms with Gasteiger partial charge < -0.3 is 4.74 Å². The molecule has 0 aromatic carbocycles. The van der Waals surface area contributed by atoms with Gasteiger partial charge >= 0.3 is 30.2 Å². The number of ether oxygens (including phenoxy) is 1. The molecule has 0 heterocycles. The molecule has 0 aromatic rings. The van der Waals surface area contributed by atoms with Crippen molar-refractivity contribution in [3.8, 4) is 0 Å². The van der Waals surface area contributed by atoms with Gasteiger partial charge in [0.2, 0.25) is 0 Å². The first kappa shape index (κ1) is 18.7. The molecule has 136 valence electrons. The lowest BCUT2D eigenvalue weighted by molar-refractivity contribution is -0.333. The lowest BCUT2D eigenvalue weighted by atomic mass is 9.94. The molecule has 24 heavy (non-hydrogen) atoms. The first-order valence-corrected chi connectivity index (χ1v) is 6.83. The molecule has 0 saturated heterocycles. The maximum Gasteiger partial charge on any atom is 0.385 e. The van der Waals surface area contributed by atoms with E-state index in [0.717, 1.165) is 0 Å². The Morgan fingerprint density at radius 3 is 2.08 bits per heavy atom. The average Bonchev–Trinajstić information content (AvgIpc) is 3.08. The van der Waals surface area contributed by atoms with Crippen molar-refractivity contribution in [2.75, 3.05) is 0 Å². The number of carbonyl (C=O) groups is 1. The summed E-state index contributed by atoms with van der Waals surface area (Å²) in [5, 5.41) is 0. The normalized spacial score (nSPS) is 27.0. The van der Waals surface area contributed by atoms with Gasteiger partial charge in [0.15, 0.2) is 5.76 Å². The van der Waals surface area contributed by atoms with Crippen LogP contribution in [0.15, 0.2) is 24.5 Å². The van der Waals surface area contributed by atoms with Gasteiger partial charge in [0.25, 0.3) is 0 Å². The van der Waals surface area contributed by atoms with Gasteiger partial charge in [0, 0.05) is 0 Å². The highest BCUT2D eigenvalue weighted by molar-refractivity contribution is 5.75. The minimum atomic E-state index is -6.49. The summed E-state index contributed by atoms with van der Waals surface area (Å²) in [6.07, 6.45) is -0.807. The van der Waals surface area contributed by atoms with Crippen LogP contribution in [0.3, 0.4) is 0 Å². The number of esters is 1. The summed E-state index contributed by atoms with van der Waals surface area (Å²) in [5.41, 5.74) is 0. The molecule has 0 radical (unpaired) electrons. The highest BCUT2D eigenvalue weighted by Gasteiger charge is 2.77. The van der Waals surface area contributed by atoms with Crippen LogP contribution in [-0.4, -0.2) is 30.2 Å². The molecule has 0 aliphatic heterocycles. The molecule has 0 N–H and O–H groups in total. The summed E-state index contributed by atoms with van der Waals surface area (Å²) in [4.78, 5) is 11.8. The lowest BCUT2D eigenvalue weighted by Gasteiger charge is -2.32. The lowest BCUT2D eigenvalue weighted by Crippen LogP contribution is -2.58. The minimum Gasteiger partial charge on any atom is -0.425 e. The first-order valence-electron chi connectivity index (χ1n) is 6.83. The summed E-state index contributed by atoms with van der Waals surface area (Å²) < 4.78 is 107. The van der Waals surface area contributed by atoms with E-state index in [4.69, 9.17) is 0 Å². The number of carbonyl (C=O) groups excluding carboxylic acids is 1. The molecule has 0 amide bonds. The Hall–Kier alpha value is -1.61. The maximum absolute atomic E-state index is 13.5. The van der Waals surface area contributed by atoms with Crippen LogP contribution in [0.1, 0.15) is 12.8 Å². The predicted molar refractivity (Wildman–Crippen MR) is 64.9 cm³/mol. The van der Waals surface area contributed by atoms with Crippen molar-refractivity contribution in [1.29, 1.82) is 0 Å². The van der Waals surface area contributed by atoms with Crippen molar-refractivity contribution in [3.63, 3.8) is 0 Å². The Bertz CT molecular complexity index is 569. The van der Waals surface area contributed by atoms with E-state index < -0.39 is 41.8 Å². The van der Waals surface area contributed by atoms with Gasteiger partial charge in [-0.05, 0) is 24.7 Å². The second kappa shape index (κ2) is 5.73. The quantitative estimate of drug-likeness (QED) is 0.302. The number of rotatable bonds is 6. The molecule has 3 unspecified atom stereocenters. The third kappa shape index (κ3) is 2.69. The SMILES string of the molecule is C=C(OC(=O)C1CC2C=CC1C2)C(F)(F)C(F)(F)C(F)(F)C(F)F. The molecular formula is C14H12F8O2. The first-order chi connectivity index (χ1) is 10.8. The molecule has 3 atom stereocenters.